The van der Waals surface area contributed by atoms with Crippen LogP contribution in [0.25, 0.3) is 0 Å². The maximum Gasteiger partial charge on any atom is 0.118 e. The molecule has 0 atom stereocenters. The number of anilines is 1. The second-order valence-electron chi connectivity index (χ2n) is 5.75. The number of ether oxygens (including phenoxy) is 1. The molecular formula is C18H23NO. The molecule has 0 aliphatic carbocycles. The Morgan fingerprint density at radius 1 is 0.900 bits per heavy atom. The van der Waals surface area contributed by atoms with Crippen LogP contribution in [-0.4, -0.2) is 7.11 Å². The van der Waals surface area contributed by atoms with Crippen LogP contribution in [0.2, 0.25) is 0 Å². The third kappa shape index (κ3) is 2.96. The van der Waals surface area contributed by atoms with Crippen LogP contribution in [-0.2, 0) is 5.54 Å². The Kier molecular flexibility index (Phi) is 4.03. The Balaban J connectivity index is 2.30. The molecule has 0 heterocycles. The van der Waals surface area contributed by atoms with E-state index in [9.17, 15) is 0 Å². The van der Waals surface area contributed by atoms with Gasteiger partial charge in [-0.2, -0.15) is 0 Å². The highest BCUT2D eigenvalue weighted by atomic mass is 16.5. The van der Waals surface area contributed by atoms with Crippen molar-refractivity contribution < 1.29 is 4.74 Å². The highest BCUT2D eigenvalue weighted by Gasteiger charge is 2.21. The van der Waals surface area contributed by atoms with E-state index < -0.39 is 0 Å². The number of hydrogen-bond donors (Lipinski definition) is 1. The zero-order valence-electron chi connectivity index (χ0n) is 12.9. The van der Waals surface area contributed by atoms with Crippen molar-refractivity contribution in [3.8, 4) is 5.75 Å². The van der Waals surface area contributed by atoms with Crippen molar-refractivity contribution in [2.24, 2.45) is 0 Å². The van der Waals surface area contributed by atoms with Crippen molar-refractivity contribution in [3.63, 3.8) is 0 Å². The molecule has 0 saturated carbocycles. The maximum atomic E-state index is 5.22. The quantitative estimate of drug-likeness (QED) is 0.871. The molecule has 0 bridgehead atoms. The van der Waals surface area contributed by atoms with Gasteiger partial charge in [-0.15, -0.1) is 0 Å². The number of para-hydroxylation sites is 1. The number of methoxy groups -OCH3 is 1. The Morgan fingerprint density at radius 3 is 1.95 bits per heavy atom. The fourth-order valence-electron chi connectivity index (χ4n) is 2.40. The molecule has 2 heteroatoms. The summed E-state index contributed by atoms with van der Waals surface area (Å²) in [5.41, 5.74) is 4.86. The van der Waals surface area contributed by atoms with Crippen molar-refractivity contribution in [1.82, 2.24) is 0 Å². The molecular weight excluding hydrogens is 246 g/mol. The minimum Gasteiger partial charge on any atom is -0.497 e. The van der Waals surface area contributed by atoms with Crippen molar-refractivity contribution in [1.29, 1.82) is 0 Å². The van der Waals surface area contributed by atoms with Gasteiger partial charge < -0.3 is 10.1 Å². The van der Waals surface area contributed by atoms with Gasteiger partial charge in [0.1, 0.15) is 5.75 Å². The number of aryl methyl sites for hydroxylation is 2. The lowest BCUT2D eigenvalue weighted by Gasteiger charge is -2.30. The number of nitrogens with one attached hydrogen (secondary N) is 1. The molecule has 20 heavy (non-hydrogen) atoms. The topological polar surface area (TPSA) is 21.3 Å². The second-order valence-corrected chi connectivity index (χ2v) is 5.75. The molecule has 0 aromatic heterocycles. The largest absolute Gasteiger partial charge is 0.497 e. The van der Waals surface area contributed by atoms with Gasteiger partial charge in [0.2, 0.25) is 0 Å². The van der Waals surface area contributed by atoms with E-state index in [1.807, 2.05) is 12.1 Å². The smallest absolute Gasteiger partial charge is 0.118 e. The zero-order chi connectivity index (χ0) is 14.8. The van der Waals surface area contributed by atoms with E-state index in [0.29, 0.717) is 0 Å². The standard InChI is InChI=1S/C18H23NO/c1-13-7-6-8-14(2)17(13)19-18(3,4)15-9-11-16(20-5)12-10-15/h6-12,19H,1-5H3. The maximum absolute atomic E-state index is 5.22. The van der Waals surface area contributed by atoms with E-state index >= 15 is 0 Å². The normalized spacial score (nSPS) is 11.2. The molecule has 2 aromatic rings. The summed E-state index contributed by atoms with van der Waals surface area (Å²) in [4.78, 5) is 0. The van der Waals surface area contributed by atoms with Crippen LogP contribution >= 0.6 is 0 Å². The second kappa shape index (κ2) is 5.58. The molecule has 0 unspecified atom stereocenters. The summed E-state index contributed by atoms with van der Waals surface area (Å²) in [5.74, 6) is 0.886. The predicted octanol–water partition coefficient (Wildman–Crippen LogP) is 4.66. The first kappa shape index (κ1) is 14.4. The number of rotatable bonds is 4. The van der Waals surface area contributed by atoms with Crippen molar-refractivity contribution in [3.05, 3.63) is 59.2 Å². The molecule has 0 spiro atoms. The molecule has 2 nitrogen and oxygen atoms in total. The van der Waals surface area contributed by atoms with Crippen LogP contribution in [0.1, 0.15) is 30.5 Å². The first-order valence-electron chi connectivity index (χ1n) is 6.93. The van der Waals surface area contributed by atoms with Crippen LogP contribution in [0.4, 0.5) is 5.69 Å². The highest BCUT2D eigenvalue weighted by molar-refractivity contribution is 5.59. The van der Waals surface area contributed by atoms with Gasteiger partial charge in [-0.25, -0.2) is 0 Å². The molecule has 0 radical (unpaired) electrons. The molecule has 0 aliphatic heterocycles. The summed E-state index contributed by atoms with van der Waals surface area (Å²) >= 11 is 0. The van der Waals surface area contributed by atoms with Crippen LogP contribution in [0.5, 0.6) is 5.75 Å². The van der Waals surface area contributed by atoms with Crippen LogP contribution in [0.3, 0.4) is 0 Å². The molecule has 2 aromatic carbocycles. The van der Waals surface area contributed by atoms with E-state index in [-0.39, 0.29) is 5.54 Å². The summed E-state index contributed by atoms with van der Waals surface area (Å²) in [6.07, 6.45) is 0. The fraction of sp³-hybridized carbons (Fsp3) is 0.333. The Labute approximate surface area is 121 Å². The van der Waals surface area contributed by atoms with Gasteiger partial charge in [0.05, 0.1) is 12.6 Å². The van der Waals surface area contributed by atoms with E-state index in [1.54, 1.807) is 7.11 Å². The third-order valence-electron chi connectivity index (χ3n) is 3.73. The summed E-state index contributed by atoms with van der Waals surface area (Å²) < 4.78 is 5.22. The van der Waals surface area contributed by atoms with Crippen molar-refractivity contribution in [2.75, 3.05) is 12.4 Å². The van der Waals surface area contributed by atoms with E-state index in [2.05, 4.69) is 63.3 Å². The minimum absolute atomic E-state index is 0.136. The SMILES string of the molecule is COc1ccc(C(C)(C)Nc2c(C)cccc2C)cc1. The van der Waals surface area contributed by atoms with Crippen molar-refractivity contribution >= 4 is 5.69 Å². The van der Waals surface area contributed by atoms with E-state index in [4.69, 9.17) is 4.74 Å². The molecule has 0 amide bonds. The monoisotopic (exact) mass is 269 g/mol. The third-order valence-corrected chi connectivity index (χ3v) is 3.73. The number of hydrogen-bond acceptors (Lipinski definition) is 2. The van der Waals surface area contributed by atoms with Gasteiger partial charge in [-0.05, 0) is 56.5 Å². The zero-order valence-corrected chi connectivity index (χ0v) is 12.9. The molecule has 0 fully saturated rings. The summed E-state index contributed by atoms with van der Waals surface area (Å²) in [6.45, 7) is 8.67. The van der Waals surface area contributed by atoms with Gasteiger partial charge in [-0.3, -0.25) is 0 Å². The first-order valence-corrected chi connectivity index (χ1v) is 6.93. The molecule has 2 rings (SSSR count). The Morgan fingerprint density at radius 2 is 1.45 bits per heavy atom. The Hall–Kier alpha value is -1.96. The Bertz CT molecular complexity index is 565. The van der Waals surface area contributed by atoms with Crippen LogP contribution in [0.15, 0.2) is 42.5 Å². The van der Waals surface area contributed by atoms with E-state index in [1.165, 1.54) is 22.4 Å². The molecule has 1 N–H and O–H groups in total. The van der Waals surface area contributed by atoms with Crippen molar-refractivity contribution in [2.45, 2.75) is 33.2 Å². The lowest BCUT2D eigenvalue weighted by molar-refractivity contribution is 0.414. The van der Waals surface area contributed by atoms with Crippen LogP contribution < -0.4 is 10.1 Å². The van der Waals surface area contributed by atoms with Gasteiger partial charge >= 0.3 is 0 Å². The average molecular weight is 269 g/mol. The first-order chi connectivity index (χ1) is 9.44. The average Bonchev–Trinajstić information content (AvgIpc) is 2.43. The summed E-state index contributed by atoms with van der Waals surface area (Å²) in [6, 6.07) is 14.6. The molecule has 106 valence electrons. The van der Waals surface area contributed by atoms with Gasteiger partial charge in [0.25, 0.3) is 0 Å². The molecule has 0 saturated heterocycles. The van der Waals surface area contributed by atoms with Crippen LogP contribution in [0, 0.1) is 13.8 Å². The summed E-state index contributed by atoms with van der Waals surface area (Å²) in [5, 5.41) is 3.67. The van der Waals surface area contributed by atoms with Gasteiger partial charge in [-0.1, -0.05) is 30.3 Å². The summed E-state index contributed by atoms with van der Waals surface area (Å²) in [7, 11) is 1.69. The molecule has 0 aliphatic rings. The lowest BCUT2D eigenvalue weighted by atomic mass is 9.93. The lowest BCUT2D eigenvalue weighted by Crippen LogP contribution is -2.28. The fourth-order valence-corrected chi connectivity index (χ4v) is 2.40. The highest BCUT2D eigenvalue weighted by Crippen LogP contribution is 2.30. The predicted molar refractivity (Wildman–Crippen MR) is 85.6 cm³/mol. The number of benzene rings is 2. The van der Waals surface area contributed by atoms with E-state index in [0.717, 1.165) is 5.75 Å². The van der Waals surface area contributed by atoms with Gasteiger partial charge in [0.15, 0.2) is 0 Å². The minimum atomic E-state index is -0.136. The van der Waals surface area contributed by atoms with Gasteiger partial charge in [0, 0.05) is 5.69 Å².